The fourth-order valence-electron chi connectivity index (χ4n) is 4.41. The summed E-state index contributed by atoms with van der Waals surface area (Å²) in [6.45, 7) is 2.31. The van der Waals surface area contributed by atoms with E-state index in [1.807, 2.05) is 43.3 Å². The van der Waals surface area contributed by atoms with Crippen LogP contribution in [0, 0.1) is 0 Å². The van der Waals surface area contributed by atoms with Crippen LogP contribution >= 0.6 is 0 Å². The summed E-state index contributed by atoms with van der Waals surface area (Å²) < 4.78 is 10.4. The Kier molecular flexibility index (Phi) is 6.28. The second kappa shape index (κ2) is 9.27. The van der Waals surface area contributed by atoms with Crippen molar-refractivity contribution in [1.29, 1.82) is 0 Å². The summed E-state index contributed by atoms with van der Waals surface area (Å²) >= 11 is 0. The maximum Gasteiger partial charge on any atom is 0.336 e. The number of dihydropyridines is 1. The molecule has 2 atom stereocenters. The maximum absolute atomic E-state index is 13.4. The van der Waals surface area contributed by atoms with Gasteiger partial charge in [0.15, 0.2) is 5.78 Å². The number of ether oxygens (including phenoxy) is 2. The Balaban J connectivity index is 1.73. The predicted octanol–water partition coefficient (Wildman–Crippen LogP) is 3.63. The molecule has 2 aliphatic rings. The summed E-state index contributed by atoms with van der Waals surface area (Å²) in [6, 6.07) is 15.6. The van der Waals surface area contributed by atoms with Crippen LogP contribution in [0.15, 0.2) is 77.3 Å². The third-order valence-corrected chi connectivity index (χ3v) is 5.82. The van der Waals surface area contributed by atoms with Gasteiger partial charge in [-0.1, -0.05) is 36.4 Å². The zero-order chi connectivity index (χ0) is 21.8. The van der Waals surface area contributed by atoms with Gasteiger partial charge in [0.25, 0.3) is 0 Å². The molecule has 0 saturated heterocycles. The Labute approximate surface area is 182 Å². The lowest BCUT2D eigenvalue weighted by Gasteiger charge is -2.36. The minimum atomic E-state index is -0.545. The van der Waals surface area contributed by atoms with Gasteiger partial charge in [0.05, 0.1) is 23.8 Å². The van der Waals surface area contributed by atoms with E-state index >= 15 is 0 Å². The van der Waals surface area contributed by atoms with Crippen LogP contribution in [0.4, 0.5) is 0 Å². The largest absolute Gasteiger partial charge is 0.460 e. The van der Waals surface area contributed by atoms with Crippen molar-refractivity contribution in [3.8, 4) is 0 Å². The minimum absolute atomic E-state index is 0.0351. The van der Waals surface area contributed by atoms with Gasteiger partial charge in [-0.25, -0.2) is 4.79 Å². The summed E-state index contributed by atoms with van der Waals surface area (Å²) in [7, 11) is 1.55. The number of rotatable bonds is 6. The van der Waals surface area contributed by atoms with Gasteiger partial charge in [0.1, 0.15) is 6.61 Å². The average molecular weight is 418 g/mol. The van der Waals surface area contributed by atoms with E-state index in [1.165, 1.54) is 0 Å². The van der Waals surface area contributed by atoms with Gasteiger partial charge in [0.2, 0.25) is 0 Å². The molecule has 160 valence electrons. The Hall–Kier alpha value is -3.25. The predicted molar refractivity (Wildman–Crippen MR) is 116 cm³/mol. The van der Waals surface area contributed by atoms with E-state index in [0.717, 1.165) is 11.3 Å². The van der Waals surface area contributed by atoms with Crippen LogP contribution in [0.5, 0.6) is 0 Å². The summed E-state index contributed by atoms with van der Waals surface area (Å²) in [4.78, 5) is 30.9. The van der Waals surface area contributed by atoms with Crippen LogP contribution in [0.2, 0.25) is 0 Å². The van der Waals surface area contributed by atoms with Crippen LogP contribution in [0.3, 0.4) is 0 Å². The van der Waals surface area contributed by atoms with Crippen LogP contribution in [-0.2, 0) is 19.1 Å². The average Bonchev–Trinajstić information content (AvgIpc) is 2.79. The maximum atomic E-state index is 13.4. The molecule has 4 rings (SSSR count). The molecule has 0 radical (unpaired) electrons. The monoisotopic (exact) mass is 418 g/mol. The highest BCUT2D eigenvalue weighted by atomic mass is 16.6. The van der Waals surface area contributed by atoms with Crippen molar-refractivity contribution in [3.63, 3.8) is 0 Å². The van der Waals surface area contributed by atoms with Crippen molar-refractivity contribution in [2.24, 2.45) is 0 Å². The number of methoxy groups -OCH3 is 1. The van der Waals surface area contributed by atoms with Crippen molar-refractivity contribution < 1.29 is 19.1 Å². The van der Waals surface area contributed by atoms with Crippen molar-refractivity contribution in [3.05, 3.63) is 88.5 Å². The fourth-order valence-corrected chi connectivity index (χ4v) is 4.41. The highest BCUT2D eigenvalue weighted by Gasteiger charge is 2.41. The summed E-state index contributed by atoms with van der Waals surface area (Å²) in [5.74, 6) is -0.862. The molecule has 1 aliphatic carbocycles. The zero-order valence-electron chi connectivity index (χ0n) is 17.8. The van der Waals surface area contributed by atoms with Gasteiger partial charge >= 0.3 is 5.97 Å². The number of Topliss-reactive ketones (excluding diaryl/α,β-unsaturated/α-hetero) is 1. The normalized spacial score (nSPS) is 20.9. The molecule has 2 heterocycles. The van der Waals surface area contributed by atoms with Crippen molar-refractivity contribution in [2.45, 2.75) is 31.6 Å². The Morgan fingerprint density at radius 1 is 1.10 bits per heavy atom. The number of carbonyl (C=O) groups excluding carboxylic acids is 2. The van der Waals surface area contributed by atoms with E-state index in [4.69, 9.17) is 9.47 Å². The number of carbonyl (C=O) groups is 2. The molecule has 1 aromatic heterocycles. The second-order valence-electron chi connectivity index (χ2n) is 7.81. The molecule has 31 heavy (non-hydrogen) atoms. The molecule has 2 aromatic rings. The van der Waals surface area contributed by atoms with Crippen LogP contribution in [0.25, 0.3) is 0 Å². The van der Waals surface area contributed by atoms with E-state index in [-0.39, 0.29) is 18.3 Å². The Morgan fingerprint density at radius 3 is 2.58 bits per heavy atom. The van der Waals surface area contributed by atoms with E-state index in [0.29, 0.717) is 42.0 Å². The van der Waals surface area contributed by atoms with Crippen molar-refractivity contribution in [2.75, 3.05) is 20.3 Å². The second-order valence-corrected chi connectivity index (χ2v) is 7.81. The quantitative estimate of drug-likeness (QED) is 0.570. The zero-order valence-corrected chi connectivity index (χ0v) is 17.8. The molecule has 0 spiro atoms. The van der Waals surface area contributed by atoms with E-state index < -0.39 is 11.9 Å². The number of pyridine rings is 1. The van der Waals surface area contributed by atoms with Crippen LogP contribution < -0.4 is 5.32 Å². The van der Waals surface area contributed by atoms with Gasteiger partial charge in [-0.3, -0.25) is 9.78 Å². The van der Waals surface area contributed by atoms with Gasteiger partial charge in [0, 0.05) is 36.7 Å². The standard InChI is InChI=1S/C25H26N2O4/c1-16-22(25(29)31-13-12-30-2)24(19-10-6-7-11-26-19)23-20(27-16)14-18(15-21(23)28)17-8-4-3-5-9-17/h3-11,18,24,27H,12-15H2,1-2H3/t18-,24+/m1/s1. The topological polar surface area (TPSA) is 77.5 Å². The van der Waals surface area contributed by atoms with Crippen LogP contribution in [-0.4, -0.2) is 37.1 Å². The van der Waals surface area contributed by atoms with E-state index in [1.54, 1.807) is 13.3 Å². The summed E-state index contributed by atoms with van der Waals surface area (Å²) in [5.41, 5.74) is 4.42. The summed E-state index contributed by atoms with van der Waals surface area (Å²) in [6.07, 6.45) is 2.79. The molecule has 0 unspecified atom stereocenters. The molecular weight excluding hydrogens is 392 g/mol. The number of esters is 1. The number of nitrogens with zero attached hydrogens (tertiary/aromatic N) is 1. The van der Waals surface area contributed by atoms with Crippen molar-refractivity contribution >= 4 is 11.8 Å². The van der Waals surface area contributed by atoms with E-state index in [2.05, 4.69) is 22.4 Å². The Bertz CT molecular complexity index is 1030. The number of hydrogen-bond acceptors (Lipinski definition) is 6. The van der Waals surface area contributed by atoms with E-state index in [9.17, 15) is 9.59 Å². The molecule has 1 N–H and O–H groups in total. The first kappa shape index (κ1) is 21.0. The highest BCUT2D eigenvalue weighted by molar-refractivity contribution is 6.04. The number of benzene rings is 1. The number of hydrogen-bond donors (Lipinski definition) is 1. The molecule has 1 aliphatic heterocycles. The number of nitrogens with one attached hydrogen (secondary N) is 1. The lowest BCUT2D eigenvalue weighted by atomic mass is 9.73. The first-order valence-electron chi connectivity index (χ1n) is 10.5. The van der Waals surface area contributed by atoms with Crippen LogP contribution in [0.1, 0.15) is 42.9 Å². The van der Waals surface area contributed by atoms with Gasteiger partial charge in [-0.15, -0.1) is 0 Å². The molecule has 0 bridgehead atoms. The molecule has 6 heteroatoms. The molecule has 0 amide bonds. The van der Waals surface area contributed by atoms with Gasteiger partial charge < -0.3 is 14.8 Å². The molecule has 0 saturated carbocycles. The lowest BCUT2D eigenvalue weighted by molar-refractivity contribution is -0.140. The highest BCUT2D eigenvalue weighted by Crippen LogP contribution is 2.45. The number of aromatic nitrogens is 1. The summed E-state index contributed by atoms with van der Waals surface area (Å²) in [5, 5.41) is 3.35. The number of ketones is 1. The number of allylic oxidation sites excluding steroid dienone is 3. The van der Waals surface area contributed by atoms with Crippen molar-refractivity contribution in [1.82, 2.24) is 10.3 Å². The molecular formula is C25H26N2O4. The fraction of sp³-hybridized carbons (Fsp3) is 0.320. The first-order chi connectivity index (χ1) is 15.1. The first-order valence-corrected chi connectivity index (χ1v) is 10.5. The third-order valence-electron chi connectivity index (χ3n) is 5.82. The third kappa shape index (κ3) is 4.30. The SMILES string of the molecule is COCCOC(=O)C1=C(C)NC2=C(C(=O)C[C@H](c3ccccc3)C2)[C@H]1c1ccccn1. The minimum Gasteiger partial charge on any atom is -0.460 e. The smallest absolute Gasteiger partial charge is 0.336 e. The van der Waals surface area contributed by atoms with Gasteiger partial charge in [-0.05, 0) is 37.0 Å². The van der Waals surface area contributed by atoms with Gasteiger partial charge in [-0.2, -0.15) is 0 Å². The molecule has 0 fully saturated rings. The molecule has 6 nitrogen and oxygen atoms in total. The molecule has 1 aromatic carbocycles. The Morgan fingerprint density at radius 2 is 1.87 bits per heavy atom. The lowest BCUT2D eigenvalue weighted by Crippen LogP contribution is -2.36.